The number of aliphatic hydroxyl groups is 1. The summed E-state index contributed by atoms with van der Waals surface area (Å²) in [5.74, 6) is -1.03. The van der Waals surface area contributed by atoms with Crippen molar-refractivity contribution in [3.63, 3.8) is 0 Å². The van der Waals surface area contributed by atoms with E-state index in [0.717, 1.165) is 12.1 Å². The molecule has 0 fully saturated rings. The molecule has 0 saturated carbocycles. The van der Waals surface area contributed by atoms with E-state index in [2.05, 4.69) is 4.74 Å². The molecular formula is C8H7F3O3. The van der Waals surface area contributed by atoms with Crippen LogP contribution in [0.2, 0.25) is 0 Å². The number of hydrogen-bond acceptors (Lipinski definition) is 3. The van der Waals surface area contributed by atoms with E-state index in [1.54, 1.807) is 0 Å². The Kier molecular flexibility index (Phi) is 2.85. The van der Waals surface area contributed by atoms with Crippen molar-refractivity contribution in [2.75, 3.05) is 0 Å². The summed E-state index contributed by atoms with van der Waals surface area (Å²) in [4.78, 5) is 0. The monoisotopic (exact) mass is 208 g/mol. The largest absolute Gasteiger partial charge is 0.573 e. The van der Waals surface area contributed by atoms with Gasteiger partial charge in [-0.15, -0.1) is 13.2 Å². The van der Waals surface area contributed by atoms with Crippen molar-refractivity contribution in [3.8, 4) is 11.5 Å². The van der Waals surface area contributed by atoms with Crippen molar-refractivity contribution >= 4 is 0 Å². The minimum Gasteiger partial charge on any atom is -0.507 e. The van der Waals surface area contributed by atoms with E-state index in [1.807, 2.05) is 0 Å². The molecule has 0 spiro atoms. The van der Waals surface area contributed by atoms with Crippen LogP contribution >= 0.6 is 0 Å². The van der Waals surface area contributed by atoms with Crippen LogP contribution < -0.4 is 4.74 Å². The minimum absolute atomic E-state index is 0.287. The van der Waals surface area contributed by atoms with Crippen LogP contribution in [0, 0.1) is 0 Å². The highest BCUT2D eigenvalue weighted by molar-refractivity contribution is 5.43. The first-order valence-corrected chi connectivity index (χ1v) is 3.61. The predicted octanol–water partition coefficient (Wildman–Crippen LogP) is 1.78. The second kappa shape index (κ2) is 3.75. The van der Waals surface area contributed by atoms with Gasteiger partial charge in [0.15, 0.2) is 0 Å². The van der Waals surface area contributed by atoms with E-state index in [0.29, 0.717) is 0 Å². The van der Waals surface area contributed by atoms with Crippen LogP contribution in [0.1, 0.15) is 5.56 Å². The van der Waals surface area contributed by atoms with E-state index in [1.165, 1.54) is 6.07 Å². The first-order chi connectivity index (χ1) is 6.44. The average molecular weight is 208 g/mol. The molecule has 0 aliphatic carbocycles. The molecule has 0 amide bonds. The van der Waals surface area contributed by atoms with Crippen molar-refractivity contribution < 1.29 is 28.1 Å². The lowest BCUT2D eigenvalue weighted by Crippen LogP contribution is -2.18. The van der Waals surface area contributed by atoms with Gasteiger partial charge in [0, 0.05) is 0 Å². The molecular weight excluding hydrogens is 201 g/mol. The number of aromatic hydroxyl groups is 1. The van der Waals surface area contributed by atoms with E-state index in [9.17, 15) is 13.2 Å². The summed E-state index contributed by atoms with van der Waals surface area (Å²) in [5, 5.41) is 17.8. The van der Waals surface area contributed by atoms with E-state index >= 15 is 0 Å². The third-order valence-electron chi connectivity index (χ3n) is 1.49. The Morgan fingerprint density at radius 1 is 1.29 bits per heavy atom. The summed E-state index contributed by atoms with van der Waals surface area (Å²) < 4.78 is 39.0. The zero-order valence-electron chi connectivity index (χ0n) is 6.88. The Labute approximate surface area is 77.4 Å². The lowest BCUT2D eigenvalue weighted by Gasteiger charge is -2.12. The van der Waals surface area contributed by atoms with Crippen molar-refractivity contribution in [2.45, 2.75) is 13.0 Å². The Hall–Kier alpha value is -1.43. The quantitative estimate of drug-likeness (QED) is 0.778. The van der Waals surface area contributed by atoms with Gasteiger partial charge in [-0.05, 0) is 12.1 Å². The molecule has 0 atom stereocenters. The van der Waals surface area contributed by atoms with Gasteiger partial charge in [-0.1, -0.05) is 6.07 Å². The van der Waals surface area contributed by atoms with E-state index in [4.69, 9.17) is 10.2 Å². The number of rotatable bonds is 2. The molecule has 78 valence electrons. The van der Waals surface area contributed by atoms with Gasteiger partial charge >= 0.3 is 6.36 Å². The van der Waals surface area contributed by atoms with Gasteiger partial charge in [-0.3, -0.25) is 0 Å². The third-order valence-corrected chi connectivity index (χ3v) is 1.49. The van der Waals surface area contributed by atoms with Crippen LogP contribution in [0.5, 0.6) is 11.5 Å². The third kappa shape index (κ3) is 2.53. The molecule has 6 heteroatoms. The summed E-state index contributed by atoms with van der Waals surface area (Å²) in [6.07, 6.45) is -4.84. The predicted molar refractivity (Wildman–Crippen MR) is 40.7 cm³/mol. The number of ether oxygens (including phenoxy) is 1. The Morgan fingerprint density at radius 3 is 2.43 bits per heavy atom. The Balaban J connectivity index is 3.02. The average Bonchev–Trinajstić information content (AvgIpc) is 2.01. The summed E-state index contributed by atoms with van der Waals surface area (Å²) in [7, 11) is 0. The standard InChI is InChI=1S/C8H7F3O3/c9-8(10,11)14-7-3-1-2-6(13)5(7)4-12/h1-3,12-13H,4H2. The highest BCUT2D eigenvalue weighted by atomic mass is 19.4. The van der Waals surface area contributed by atoms with Gasteiger partial charge in [-0.2, -0.15) is 0 Å². The fourth-order valence-electron chi connectivity index (χ4n) is 0.933. The van der Waals surface area contributed by atoms with E-state index < -0.39 is 24.5 Å². The first kappa shape index (κ1) is 10.6. The number of alkyl halides is 3. The molecule has 0 aliphatic heterocycles. The summed E-state index contributed by atoms with van der Waals surface area (Å²) >= 11 is 0. The smallest absolute Gasteiger partial charge is 0.507 e. The van der Waals surface area contributed by atoms with E-state index in [-0.39, 0.29) is 5.56 Å². The maximum atomic E-state index is 11.8. The lowest BCUT2D eigenvalue weighted by molar-refractivity contribution is -0.275. The molecule has 3 nitrogen and oxygen atoms in total. The molecule has 1 rings (SSSR count). The number of halogens is 3. The van der Waals surface area contributed by atoms with Gasteiger partial charge < -0.3 is 14.9 Å². The maximum absolute atomic E-state index is 11.8. The fraction of sp³-hybridized carbons (Fsp3) is 0.250. The molecule has 0 aromatic heterocycles. The SMILES string of the molecule is OCc1c(O)cccc1OC(F)(F)F. The van der Waals surface area contributed by atoms with Crippen LogP contribution in [0.25, 0.3) is 0 Å². The number of aliphatic hydroxyl groups excluding tert-OH is 1. The zero-order valence-corrected chi connectivity index (χ0v) is 6.88. The number of phenols is 1. The summed E-state index contributed by atoms with van der Waals surface area (Å²) in [6.45, 7) is -0.724. The van der Waals surface area contributed by atoms with Crippen LogP contribution in [-0.4, -0.2) is 16.6 Å². The molecule has 0 heterocycles. The van der Waals surface area contributed by atoms with Gasteiger partial charge in [0.25, 0.3) is 0 Å². The first-order valence-electron chi connectivity index (χ1n) is 3.61. The normalized spacial score (nSPS) is 11.4. The van der Waals surface area contributed by atoms with Crippen molar-refractivity contribution in [2.24, 2.45) is 0 Å². The molecule has 2 N–H and O–H groups in total. The van der Waals surface area contributed by atoms with Crippen LogP contribution in [-0.2, 0) is 6.61 Å². The van der Waals surface area contributed by atoms with Gasteiger partial charge in [0.05, 0.1) is 12.2 Å². The van der Waals surface area contributed by atoms with Crippen molar-refractivity contribution in [1.82, 2.24) is 0 Å². The van der Waals surface area contributed by atoms with Crippen molar-refractivity contribution in [3.05, 3.63) is 23.8 Å². The molecule has 0 bridgehead atoms. The lowest BCUT2D eigenvalue weighted by atomic mass is 10.2. The highest BCUT2D eigenvalue weighted by Crippen LogP contribution is 2.31. The van der Waals surface area contributed by atoms with Gasteiger partial charge in [0.2, 0.25) is 0 Å². The fourth-order valence-corrected chi connectivity index (χ4v) is 0.933. The Bertz CT molecular complexity index is 322. The highest BCUT2D eigenvalue weighted by Gasteiger charge is 2.32. The molecule has 0 aliphatic rings. The molecule has 1 aromatic carbocycles. The van der Waals surface area contributed by atoms with Crippen LogP contribution in [0.4, 0.5) is 13.2 Å². The molecule has 14 heavy (non-hydrogen) atoms. The maximum Gasteiger partial charge on any atom is 0.573 e. The Morgan fingerprint density at radius 2 is 1.93 bits per heavy atom. The molecule has 1 aromatic rings. The summed E-state index contributed by atoms with van der Waals surface area (Å²) in [5.41, 5.74) is -0.287. The van der Waals surface area contributed by atoms with Gasteiger partial charge in [0.1, 0.15) is 11.5 Å². The van der Waals surface area contributed by atoms with Crippen LogP contribution in [0.3, 0.4) is 0 Å². The second-order valence-electron chi connectivity index (χ2n) is 2.46. The van der Waals surface area contributed by atoms with Gasteiger partial charge in [-0.25, -0.2) is 0 Å². The minimum atomic E-state index is -4.84. The van der Waals surface area contributed by atoms with Crippen molar-refractivity contribution in [1.29, 1.82) is 0 Å². The number of hydrogen-bond donors (Lipinski definition) is 2. The second-order valence-corrected chi connectivity index (χ2v) is 2.46. The zero-order chi connectivity index (χ0) is 10.8. The van der Waals surface area contributed by atoms with Crippen LogP contribution in [0.15, 0.2) is 18.2 Å². The molecule has 0 radical (unpaired) electrons. The number of benzene rings is 1. The topological polar surface area (TPSA) is 49.7 Å². The molecule has 0 unspecified atom stereocenters. The molecule has 0 saturated heterocycles. The summed E-state index contributed by atoms with van der Waals surface area (Å²) in [6, 6.07) is 3.36.